The van der Waals surface area contributed by atoms with Crippen molar-refractivity contribution in [3.05, 3.63) is 59.0 Å². The number of likely N-dealkylation sites (tertiary alicyclic amines) is 2. The number of hydrogen-bond acceptors (Lipinski definition) is 6. The number of rotatable bonds is 5. The lowest BCUT2D eigenvalue weighted by atomic mass is 9.94. The number of aliphatic hydroxyl groups is 1. The monoisotopic (exact) mass is 509 g/mol. The van der Waals surface area contributed by atoms with Gasteiger partial charge in [-0.3, -0.25) is 14.5 Å². The van der Waals surface area contributed by atoms with Crippen LogP contribution in [0.3, 0.4) is 0 Å². The topological polar surface area (TPSA) is 89.0 Å². The van der Waals surface area contributed by atoms with Gasteiger partial charge in [-0.15, -0.1) is 0 Å². The minimum absolute atomic E-state index is 0.0256. The number of nitrogens with one attached hydrogen (secondary N) is 1. The molecule has 37 heavy (non-hydrogen) atoms. The van der Waals surface area contributed by atoms with Gasteiger partial charge in [-0.2, -0.15) is 0 Å². The Morgan fingerprint density at radius 2 is 1.81 bits per heavy atom. The molecule has 2 amide bonds. The Balaban J connectivity index is 1.19. The SMILES string of the molecule is CCC(=O)N1CCC(Nc2cc(C(=O)N3CC[C@H](N4CCc5ccccc5C4)[C@@H](O)C3)c(F)cn2)CC1. The van der Waals surface area contributed by atoms with E-state index < -0.39 is 17.8 Å². The molecule has 2 N–H and O–H groups in total. The molecule has 5 rings (SSSR count). The summed E-state index contributed by atoms with van der Waals surface area (Å²) in [6, 6.07) is 9.96. The number of benzene rings is 1. The Labute approximate surface area is 217 Å². The van der Waals surface area contributed by atoms with E-state index in [2.05, 4.69) is 33.4 Å². The average Bonchev–Trinajstić information content (AvgIpc) is 2.93. The second-order valence-corrected chi connectivity index (χ2v) is 10.4. The van der Waals surface area contributed by atoms with Gasteiger partial charge in [0.05, 0.1) is 17.9 Å². The lowest BCUT2D eigenvalue weighted by molar-refractivity contribution is -0.131. The summed E-state index contributed by atoms with van der Waals surface area (Å²) in [6.07, 6.45) is 4.03. The molecule has 3 aliphatic rings. The lowest BCUT2D eigenvalue weighted by Gasteiger charge is -2.43. The van der Waals surface area contributed by atoms with Crippen molar-refractivity contribution >= 4 is 17.6 Å². The summed E-state index contributed by atoms with van der Waals surface area (Å²) in [7, 11) is 0. The summed E-state index contributed by atoms with van der Waals surface area (Å²) in [5.74, 6) is -0.481. The molecule has 2 aromatic rings. The lowest BCUT2D eigenvalue weighted by Crippen LogP contribution is -2.56. The Morgan fingerprint density at radius 3 is 2.54 bits per heavy atom. The van der Waals surface area contributed by atoms with Gasteiger partial charge < -0.3 is 20.2 Å². The first-order chi connectivity index (χ1) is 17.9. The van der Waals surface area contributed by atoms with E-state index in [1.165, 1.54) is 17.2 Å². The van der Waals surface area contributed by atoms with Gasteiger partial charge in [0.15, 0.2) is 5.82 Å². The number of carbonyl (C=O) groups excluding carboxylic acids is 2. The first-order valence-corrected chi connectivity index (χ1v) is 13.4. The van der Waals surface area contributed by atoms with Crippen LogP contribution in [0, 0.1) is 5.82 Å². The van der Waals surface area contributed by atoms with Crippen LogP contribution in [0.4, 0.5) is 10.2 Å². The number of halogens is 1. The van der Waals surface area contributed by atoms with Crippen LogP contribution in [-0.4, -0.2) is 87.5 Å². The zero-order chi connectivity index (χ0) is 25.9. The second kappa shape index (κ2) is 11.1. The minimum atomic E-state index is -0.693. The predicted octanol–water partition coefficient (Wildman–Crippen LogP) is 2.67. The molecule has 8 nitrogen and oxygen atoms in total. The van der Waals surface area contributed by atoms with Gasteiger partial charge in [0.2, 0.25) is 5.91 Å². The zero-order valence-electron chi connectivity index (χ0n) is 21.4. The number of amides is 2. The van der Waals surface area contributed by atoms with Crippen LogP contribution >= 0.6 is 0 Å². The largest absolute Gasteiger partial charge is 0.390 e. The highest BCUT2D eigenvalue weighted by Crippen LogP contribution is 2.27. The highest BCUT2D eigenvalue weighted by atomic mass is 19.1. The molecule has 9 heteroatoms. The van der Waals surface area contributed by atoms with Crippen LogP contribution in [-0.2, 0) is 17.8 Å². The average molecular weight is 510 g/mol. The van der Waals surface area contributed by atoms with Crippen molar-refractivity contribution < 1.29 is 19.1 Å². The minimum Gasteiger partial charge on any atom is -0.390 e. The molecule has 3 aliphatic heterocycles. The molecule has 1 aromatic carbocycles. The van der Waals surface area contributed by atoms with Crippen molar-refractivity contribution in [3.8, 4) is 0 Å². The molecular weight excluding hydrogens is 473 g/mol. The van der Waals surface area contributed by atoms with E-state index in [1.54, 1.807) is 4.90 Å². The van der Waals surface area contributed by atoms with E-state index in [9.17, 15) is 19.1 Å². The normalized spacial score (nSPS) is 23.0. The molecule has 2 atom stereocenters. The van der Waals surface area contributed by atoms with Crippen molar-refractivity contribution in [2.75, 3.05) is 38.0 Å². The number of nitrogens with zero attached hydrogens (tertiary/aromatic N) is 4. The maximum Gasteiger partial charge on any atom is 0.257 e. The summed E-state index contributed by atoms with van der Waals surface area (Å²) in [6.45, 7) is 5.53. The quantitative estimate of drug-likeness (QED) is 0.644. The first kappa shape index (κ1) is 25.6. The predicted molar refractivity (Wildman–Crippen MR) is 139 cm³/mol. The Hall–Kier alpha value is -3.04. The van der Waals surface area contributed by atoms with Gasteiger partial charge in [-0.1, -0.05) is 31.2 Å². The van der Waals surface area contributed by atoms with Crippen LogP contribution in [0.2, 0.25) is 0 Å². The molecule has 0 bridgehead atoms. The van der Waals surface area contributed by atoms with Crippen LogP contribution in [0.15, 0.2) is 36.5 Å². The molecule has 198 valence electrons. The number of β-amino-alcohol motifs (C(OH)–C–C–N with tert-alkyl or cyclic N) is 1. The van der Waals surface area contributed by atoms with E-state index in [0.717, 1.165) is 38.5 Å². The molecule has 0 aliphatic carbocycles. The fourth-order valence-corrected chi connectivity index (χ4v) is 5.89. The van der Waals surface area contributed by atoms with E-state index in [4.69, 9.17) is 0 Å². The van der Waals surface area contributed by atoms with Crippen molar-refractivity contribution in [2.24, 2.45) is 0 Å². The number of fused-ring (bicyclic) bond motifs is 1. The summed E-state index contributed by atoms with van der Waals surface area (Å²) in [5, 5.41) is 14.3. The van der Waals surface area contributed by atoms with Gasteiger partial charge in [0.1, 0.15) is 5.82 Å². The maximum atomic E-state index is 14.7. The third-order valence-corrected chi connectivity index (χ3v) is 8.05. The Bertz CT molecular complexity index is 1140. The van der Waals surface area contributed by atoms with Crippen LogP contribution < -0.4 is 5.32 Å². The number of aromatic nitrogens is 1. The highest BCUT2D eigenvalue weighted by molar-refractivity contribution is 5.95. The fourth-order valence-electron chi connectivity index (χ4n) is 5.89. The number of hydrogen-bond donors (Lipinski definition) is 2. The van der Waals surface area contributed by atoms with Crippen LogP contribution in [0.1, 0.15) is 54.1 Å². The van der Waals surface area contributed by atoms with Gasteiger partial charge in [-0.25, -0.2) is 9.37 Å². The molecule has 4 heterocycles. The standard InChI is InChI=1S/C28H36FN5O3/c1-2-27(36)32-12-8-21(9-13-32)31-26-15-22(23(29)16-30-26)28(37)34-14-10-24(25(35)18-34)33-11-7-19-5-3-4-6-20(19)17-33/h3-6,15-16,21,24-25,35H,2,7-14,17-18H2,1H3,(H,30,31)/t24-,25-/m0/s1. The van der Waals surface area contributed by atoms with Crippen molar-refractivity contribution in [1.29, 1.82) is 0 Å². The Kier molecular flexibility index (Phi) is 7.71. The molecule has 0 radical (unpaired) electrons. The van der Waals surface area contributed by atoms with Crippen LogP contribution in [0.5, 0.6) is 0 Å². The summed E-state index contributed by atoms with van der Waals surface area (Å²) >= 11 is 0. The van der Waals surface area contributed by atoms with Crippen molar-refractivity contribution in [2.45, 2.75) is 63.8 Å². The number of pyridine rings is 1. The third-order valence-electron chi connectivity index (χ3n) is 8.05. The molecule has 1 aromatic heterocycles. The van der Waals surface area contributed by atoms with Gasteiger partial charge in [0.25, 0.3) is 5.91 Å². The summed E-state index contributed by atoms with van der Waals surface area (Å²) in [4.78, 5) is 35.0. The zero-order valence-corrected chi connectivity index (χ0v) is 21.4. The Morgan fingerprint density at radius 1 is 1.08 bits per heavy atom. The van der Waals surface area contributed by atoms with Crippen molar-refractivity contribution in [3.63, 3.8) is 0 Å². The summed E-state index contributed by atoms with van der Waals surface area (Å²) < 4.78 is 14.7. The van der Waals surface area contributed by atoms with Gasteiger partial charge in [-0.05, 0) is 42.9 Å². The van der Waals surface area contributed by atoms with Gasteiger partial charge in [0, 0.05) is 57.8 Å². The highest BCUT2D eigenvalue weighted by Gasteiger charge is 2.36. The molecule has 0 saturated carbocycles. The van der Waals surface area contributed by atoms with Crippen molar-refractivity contribution in [1.82, 2.24) is 19.7 Å². The second-order valence-electron chi connectivity index (χ2n) is 10.4. The number of anilines is 1. The first-order valence-electron chi connectivity index (χ1n) is 13.4. The maximum absolute atomic E-state index is 14.7. The molecule has 2 saturated heterocycles. The molecule has 0 unspecified atom stereocenters. The van der Waals surface area contributed by atoms with E-state index in [0.29, 0.717) is 38.3 Å². The molecule has 2 fully saturated rings. The van der Waals surface area contributed by atoms with Crippen LogP contribution in [0.25, 0.3) is 0 Å². The number of carbonyl (C=O) groups is 2. The van der Waals surface area contributed by atoms with Gasteiger partial charge >= 0.3 is 0 Å². The number of piperidine rings is 2. The molecular formula is C28H36FN5O3. The van der Waals surface area contributed by atoms with E-state index in [-0.39, 0.29) is 30.1 Å². The fraction of sp³-hybridized carbons (Fsp3) is 0.536. The smallest absolute Gasteiger partial charge is 0.257 e. The molecule has 0 spiro atoms. The van der Waals surface area contributed by atoms with E-state index in [1.807, 2.05) is 17.9 Å². The van der Waals surface area contributed by atoms with E-state index >= 15 is 0 Å². The third kappa shape index (κ3) is 5.62. The summed E-state index contributed by atoms with van der Waals surface area (Å²) in [5.41, 5.74) is 2.62. The number of aliphatic hydroxyl groups excluding tert-OH is 1.